The molecular formula is C12H23NO3. The second-order valence-electron chi connectivity index (χ2n) is 5.37. The summed E-state index contributed by atoms with van der Waals surface area (Å²) in [6.07, 6.45) is 3.13. The van der Waals surface area contributed by atoms with Gasteiger partial charge in [0.15, 0.2) is 5.79 Å². The van der Waals surface area contributed by atoms with E-state index < -0.39 is 5.60 Å². The van der Waals surface area contributed by atoms with Crippen LogP contribution in [-0.2, 0) is 9.47 Å². The van der Waals surface area contributed by atoms with Gasteiger partial charge in [0, 0.05) is 25.4 Å². The van der Waals surface area contributed by atoms with Crippen LogP contribution in [-0.4, -0.2) is 42.3 Å². The summed E-state index contributed by atoms with van der Waals surface area (Å²) in [5.41, 5.74) is -0.579. The molecular weight excluding hydrogens is 206 g/mol. The Bertz CT molecular complexity index is 226. The summed E-state index contributed by atoms with van der Waals surface area (Å²) in [6.45, 7) is 6.25. The molecule has 0 aromatic heterocycles. The highest BCUT2D eigenvalue weighted by Gasteiger charge is 2.45. The van der Waals surface area contributed by atoms with Crippen molar-refractivity contribution in [3.8, 4) is 0 Å². The monoisotopic (exact) mass is 229 g/mol. The molecule has 94 valence electrons. The highest BCUT2D eigenvalue weighted by molar-refractivity contribution is 4.92. The van der Waals surface area contributed by atoms with Crippen LogP contribution in [0.4, 0.5) is 0 Å². The third-order valence-corrected chi connectivity index (χ3v) is 3.60. The fourth-order valence-electron chi connectivity index (χ4n) is 2.45. The van der Waals surface area contributed by atoms with Crippen LogP contribution >= 0.6 is 0 Å². The highest BCUT2D eigenvalue weighted by Crippen LogP contribution is 2.39. The van der Waals surface area contributed by atoms with Gasteiger partial charge in [0.2, 0.25) is 0 Å². The van der Waals surface area contributed by atoms with Crippen LogP contribution in [0.15, 0.2) is 0 Å². The van der Waals surface area contributed by atoms with Crippen molar-refractivity contribution >= 4 is 0 Å². The van der Waals surface area contributed by atoms with Crippen LogP contribution in [0.2, 0.25) is 0 Å². The number of ether oxygens (including phenoxy) is 2. The number of hydrogen-bond donors (Lipinski definition) is 2. The van der Waals surface area contributed by atoms with E-state index in [4.69, 9.17) is 9.47 Å². The lowest BCUT2D eigenvalue weighted by atomic mass is 9.81. The van der Waals surface area contributed by atoms with Gasteiger partial charge in [-0.2, -0.15) is 0 Å². The minimum Gasteiger partial charge on any atom is -0.389 e. The van der Waals surface area contributed by atoms with Crippen LogP contribution in [0.1, 0.15) is 39.5 Å². The molecule has 2 fully saturated rings. The van der Waals surface area contributed by atoms with E-state index in [1.54, 1.807) is 0 Å². The summed E-state index contributed by atoms with van der Waals surface area (Å²) in [5.74, 6) is -0.371. The summed E-state index contributed by atoms with van der Waals surface area (Å²) >= 11 is 0. The molecule has 2 aliphatic rings. The normalized spacial score (nSPS) is 27.8. The zero-order valence-corrected chi connectivity index (χ0v) is 10.3. The molecule has 1 spiro atoms. The number of aliphatic hydroxyl groups is 1. The topological polar surface area (TPSA) is 50.7 Å². The standard InChI is InChI=1S/C12H23NO3/c1-10(2)13-9-11(14)3-5-12(6-4-11)15-7-8-16-12/h10,13-14H,3-9H2,1-2H3. The summed E-state index contributed by atoms with van der Waals surface area (Å²) < 4.78 is 11.3. The Hall–Kier alpha value is -0.160. The molecule has 2 N–H and O–H groups in total. The van der Waals surface area contributed by atoms with E-state index in [0.717, 1.165) is 25.7 Å². The largest absolute Gasteiger partial charge is 0.389 e. The molecule has 0 atom stereocenters. The van der Waals surface area contributed by atoms with Crippen LogP contribution in [0.3, 0.4) is 0 Å². The van der Waals surface area contributed by atoms with Crippen LogP contribution in [0.25, 0.3) is 0 Å². The third-order valence-electron chi connectivity index (χ3n) is 3.60. The molecule has 0 amide bonds. The van der Waals surface area contributed by atoms with Crippen molar-refractivity contribution in [2.24, 2.45) is 0 Å². The Labute approximate surface area is 97.3 Å². The second-order valence-corrected chi connectivity index (χ2v) is 5.37. The van der Waals surface area contributed by atoms with Crippen molar-refractivity contribution < 1.29 is 14.6 Å². The maximum absolute atomic E-state index is 10.4. The first-order valence-corrected chi connectivity index (χ1v) is 6.27. The molecule has 2 rings (SSSR count). The highest BCUT2D eigenvalue weighted by atomic mass is 16.7. The lowest BCUT2D eigenvalue weighted by Crippen LogP contribution is -2.49. The molecule has 1 saturated carbocycles. The summed E-state index contributed by atoms with van der Waals surface area (Å²) in [6, 6.07) is 0.416. The minimum absolute atomic E-state index is 0.371. The number of rotatable bonds is 3. The second kappa shape index (κ2) is 4.61. The predicted molar refractivity (Wildman–Crippen MR) is 61.2 cm³/mol. The van der Waals surface area contributed by atoms with Crippen molar-refractivity contribution in [1.82, 2.24) is 5.32 Å². The molecule has 0 unspecified atom stereocenters. The first kappa shape index (κ1) is 12.3. The molecule has 1 aliphatic carbocycles. The smallest absolute Gasteiger partial charge is 0.168 e. The SMILES string of the molecule is CC(C)NCC1(O)CCC2(CC1)OCCO2. The first-order chi connectivity index (χ1) is 7.54. The van der Waals surface area contributed by atoms with Gasteiger partial charge in [-0.05, 0) is 12.8 Å². The Morgan fingerprint density at radius 2 is 1.69 bits per heavy atom. The van der Waals surface area contributed by atoms with Gasteiger partial charge in [-0.1, -0.05) is 13.8 Å². The van der Waals surface area contributed by atoms with Crippen molar-refractivity contribution in [1.29, 1.82) is 0 Å². The number of hydrogen-bond acceptors (Lipinski definition) is 4. The lowest BCUT2D eigenvalue weighted by Gasteiger charge is -2.40. The van der Waals surface area contributed by atoms with Gasteiger partial charge in [0.05, 0.1) is 18.8 Å². The Balaban J connectivity index is 1.83. The van der Waals surface area contributed by atoms with Crippen LogP contribution in [0.5, 0.6) is 0 Å². The van der Waals surface area contributed by atoms with Crippen LogP contribution < -0.4 is 5.32 Å². The molecule has 0 aromatic carbocycles. The molecule has 4 heteroatoms. The summed E-state index contributed by atoms with van der Waals surface area (Å²) in [5, 5.41) is 13.7. The average molecular weight is 229 g/mol. The molecule has 16 heavy (non-hydrogen) atoms. The quantitative estimate of drug-likeness (QED) is 0.759. The van der Waals surface area contributed by atoms with E-state index in [-0.39, 0.29) is 5.79 Å². The minimum atomic E-state index is -0.579. The lowest BCUT2D eigenvalue weighted by molar-refractivity contribution is -0.201. The Morgan fingerprint density at radius 3 is 2.19 bits per heavy atom. The van der Waals surface area contributed by atoms with Gasteiger partial charge in [0.25, 0.3) is 0 Å². The van der Waals surface area contributed by atoms with Gasteiger partial charge in [-0.25, -0.2) is 0 Å². The first-order valence-electron chi connectivity index (χ1n) is 6.27. The molecule has 0 bridgehead atoms. The van der Waals surface area contributed by atoms with E-state index in [2.05, 4.69) is 19.2 Å². The third kappa shape index (κ3) is 2.74. The molecule has 1 heterocycles. The van der Waals surface area contributed by atoms with E-state index in [1.165, 1.54) is 0 Å². The Morgan fingerprint density at radius 1 is 1.12 bits per heavy atom. The fraction of sp³-hybridized carbons (Fsp3) is 1.00. The fourth-order valence-corrected chi connectivity index (χ4v) is 2.45. The zero-order valence-electron chi connectivity index (χ0n) is 10.3. The average Bonchev–Trinajstić information content (AvgIpc) is 2.70. The summed E-state index contributed by atoms with van der Waals surface area (Å²) in [4.78, 5) is 0. The molecule has 1 saturated heterocycles. The summed E-state index contributed by atoms with van der Waals surface area (Å²) in [7, 11) is 0. The van der Waals surface area contributed by atoms with Gasteiger partial charge in [-0.3, -0.25) is 0 Å². The molecule has 4 nitrogen and oxygen atoms in total. The maximum Gasteiger partial charge on any atom is 0.168 e. The number of nitrogens with one attached hydrogen (secondary N) is 1. The van der Waals surface area contributed by atoms with Crippen molar-refractivity contribution in [3.63, 3.8) is 0 Å². The maximum atomic E-state index is 10.4. The van der Waals surface area contributed by atoms with E-state index in [9.17, 15) is 5.11 Å². The van der Waals surface area contributed by atoms with E-state index in [1.807, 2.05) is 0 Å². The molecule has 0 aromatic rings. The van der Waals surface area contributed by atoms with E-state index in [0.29, 0.717) is 25.8 Å². The van der Waals surface area contributed by atoms with Gasteiger partial charge in [0.1, 0.15) is 0 Å². The predicted octanol–water partition coefficient (Wildman–Crippen LogP) is 1.03. The van der Waals surface area contributed by atoms with Crippen LogP contribution in [0, 0.1) is 0 Å². The Kier molecular flexibility index (Phi) is 3.54. The zero-order chi connectivity index (χ0) is 11.6. The molecule has 1 aliphatic heterocycles. The van der Waals surface area contributed by atoms with Gasteiger partial charge < -0.3 is 19.9 Å². The van der Waals surface area contributed by atoms with Gasteiger partial charge >= 0.3 is 0 Å². The van der Waals surface area contributed by atoms with Crippen molar-refractivity contribution in [2.75, 3.05) is 19.8 Å². The van der Waals surface area contributed by atoms with Crippen molar-refractivity contribution in [2.45, 2.75) is 57.0 Å². The van der Waals surface area contributed by atoms with E-state index >= 15 is 0 Å². The van der Waals surface area contributed by atoms with Crippen molar-refractivity contribution in [3.05, 3.63) is 0 Å². The van der Waals surface area contributed by atoms with Gasteiger partial charge in [-0.15, -0.1) is 0 Å². The molecule has 0 radical (unpaired) electrons.